The van der Waals surface area contributed by atoms with Crippen molar-refractivity contribution in [2.75, 3.05) is 13.1 Å². The summed E-state index contributed by atoms with van der Waals surface area (Å²) in [5.74, 6) is -0.914. The van der Waals surface area contributed by atoms with Crippen LogP contribution >= 0.6 is 0 Å². The van der Waals surface area contributed by atoms with Crippen molar-refractivity contribution in [1.29, 1.82) is 0 Å². The summed E-state index contributed by atoms with van der Waals surface area (Å²) in [6.45, 7) is 9.50. The van der Waals surface area contributed by atoms with Crippen molar-refractivity contribution in [2.45, 2.75) is 32.6 Å². The van der Waals surface area contributed by atoms with Crippen molar-refractivity contribution in [2.24, 2.45) is 5.41 Å². The second kappa shape index (κ2) is 6.86. The minimum Gasteiger partial charge on any atom is -0.745 e. The van der Waals surface area contributed by atoms with Crippen molar-refractivity contribution in [3.8, 4) is 0 Å². The number of quaternary nitrogens is 1. The van der Waals surface area contributed by atoms with Crippen molar-refractivity contribution < 1.29 is 27.8 Å². The molecule has 0 bridgehead atoms. The molecule has 7 heteroatoms. The van der Waals surface area contributed by atoms with Gasteiger partial charge < -0.3 is 14.6 Å². The molecule has 0 heterocycles. The Kier molecular flexibility index (Phi) is 6.51. The molecule has 6 nitrogen and oxygen atoms in total. The topological polar surface area (TPSA) is 100 Å². The van der Waals surface area contributed by atoms with Crippen molar-refractivity contribution in [3.63, 3.8) is 0 Å². The molecule has 1 unspecified atom stereocenters. The summed E-state index contributed by atoms with van der Waals surface area (Å²) in [7, 11) is -4.73. The first-order valence-corrected chi connectivity index (χ1v) is 7.21. The molecule has 106 valence electrons. The van der Waals surface area contributed by atoms with Crippen LogP contribution in [0.5, 0.6) is 0 Å². The second-order valence-electron chi connectivity index (χ2n) is 4.74. The maximum Gasteiger partial charge on any atom is 0.331 e. The minimum atomic E-state index is -4.73. The quantitative estimate of drug-likeness (QED) is 0.282. The molecule has 0 amide bonds. The Morgan fingerprint density at radius 1 is 1.56 bits per heavy atom. The third-order valence-electron chi connectivity index (χ3n) is 2.45. The van der Waals surface area contributed by atoms with Gasteiger partial charge in [-0.15, -0.1) is 0 Å². The van der Waals surface area contributed by atoms with Gasteiger partial charge in [0, 0.05) is 6.08 Å². The third kappa shape index (κ3) is 5.61. The van der Waals surface area contributed by atoms with Crippen LogP contribution < -0.4 is 5.32 Å². The van der Waals surface area contributed by atoms with Gasteiger partial charge in [-0.25, -0.2) is 13.2 Å². The van der Waals surface area contributed by atoms with Crippen LogP contribution in [0.3, 0.4) is 0 Å². The summed E-state index contributed by atoms with van der Waals surface area (Å²) < 4.78 is 38.2. The van der Waals surface area contributed by atoms with Crippen LogP contribution in [-0.4, -0.2) is 37.5 Å². The van der Waals surface area contributed by atoms with Crippen molar-refractivity contribution in [1.82, 2.24) is 0 Å². The van der Waals surface area contributed by atoms with Gasteiger partial charge in [-0.1, -0.05) is 13.5 Å². The molecule has 0 rings (SSSR count). The summed E-state index contributed by atoms with van der Waals surface area (Å²) >= 11 is 0. The van der Waals surface area contributed by atoms with E-state index < -0.39 is 26.9 Å². The van der Waals surface area contributed by atoms with Crippen LogP contribution in [0.15, 0.2) is 12.7 Å². The number of nitrogens with two attached hydrogens (primary N) is 1. The molecule has 0 fully saturated rings. The lowest BCUT2D eigenvalue weighted by Gasteiger charge is -2.33. The second-order valence-corrected chi connectivity index (χ2v) is 6.15. The zero-order chi connectivity index (χ0) is 14.4. The van der Waals surface area contributed by atoms with Gasteiger partial charge in [-0.2, -0.15) is 0 Å². The monoisotopic (exact) mass is 279 g/mol. The van der Waals surface area contributed by atoms with E-state index in [0.29, 0.717) is 6.54 Å². The van der Waals surface area contributed by atoms with Gasteiger partial charge in [-0.3, -0.25) is 0 Å². The molecule has 2 N–H and O–H groups in total. The van der Waals surface area contributed by atoms with E-state index in [2.05, 4.69) is 11.3 Å². The highest BCUT2D eigenvalue weighted by Gasteiger charge is 2.39. The number of carbonyl (C=O) groups excluding carboxylic acids is 1. The van der Waals surface area contributed by atoms with Crippen LogP contribution in [0.1, 0.15) is 27.2 Å². The molecular weight excluding hydrogens is 258 g/mol. The molecule has 18 heavy (non-hydrogen) atoms. The van der Waals surface area contributed by atoms with Crippen LogP contribution in [0.4, 0.5) is 0 Å². The summed E-state index contributed by atoms with van der Waals surface area (Å²) in [5, 5.41) is 1.89. The molecule has 0 saturated heterocycles. The standard InChI is InChI=1S/C11H21NO5S/c1-5-7-12-8-11(3,4)10(18(14,15)16)17-9(13)6-2/h6,10,12H,2,5,7-8H2,1,3-4H3,(H,14,15,16). The fourth-order valence-corrected chi connectivity index (χ4v) is 2.63. The number of esters is 1. The SMILES string of the molecule is C=CC(=O)OC(C(C)(C)C[NH2+]CCC)S(=O)(=O)[O-]. The van der Waals surface area contributed by atoms with Gasteiger partial charge in [-0.05, 0) is 20.3 Å². The van der Waals surface area contributed by atoms with Crippen molar-refractivity contribution in [3.05, 3.63) is 12.7 Å². The smallest absolute Gasteiger partial charge is 0.331 e. The number of ether oxygens (including phenoxy) is 1. The van der Waals surface area contributed by atoms with Gasteiger partial charge >= 0.3 is 5.97 Å². The van der Waals surface area contributed by atoms with E-state index in [1.54, 1.807) is 13.8 Å². The lowest BCUT2D eigenvalue weighted by Crippen LogP contribution is -2.87. The molecule has 0 aliphatic rings. The number of hydrogen-bond donors (Lipinski definition) is 1. The van der Waals surface area contributed by atoms with Crippen LogP contribution in [0.2, 0.25) is 0 Å². The molecule has 0 aliphatic carbocycles. The van der Waals surface area contributed by atoms with E-state index in [4.69, 9.17) is 0 Å². The van der Waals surface area contributed by atoms with Gasteiger partial charge in [0.25, 0.3) is 0 Å². The van der Waals surface area contributed by atoms with Gasteiger partial charge in [0.2, 0.25) is 5.44 Å². The van der Waals surface area contributed by atoms with E-state index in [-0.39, 0.29) is 0 Å². The zero-order valence-corrected chi connectivity index (χ0v) is 11.8. The maximum absolute atomic E-state index is 11.2. The van der Waals surface area contributed by atoms with Crippen molar-refractivity contribution >= 4 is 16.1 Å². The van der Waals surface area contributed by atoms with Gasteiger partial charge in [0.15, 0.2) is 0 Å². The molecule has 0 saturated carbocycles. The van der Waals surface area contributed by atoms with Crippen LogP contribution in [-0.2, 0) is 19.6 Å². The molecular formula is C11H21NO5S. The normalized spacial score (nSPS) is 14.0. The Morgan fingerprint density at radius 2 is 2.11 bits per heavy atom. The summed E-state index contributed by atoms with van der Waals surface area (Å²) in [6.07, 6.45) is 1.77. The molecule has 0 radical (unpaired) electrons. The average Bonchev–Trinajstić information content (AvgIpc) is 2.23. The van der Waals surface area contributed by atoms with Crippen LogP contribution in [0, 0.1) is 5.41 Å². The Bertz CT molecular complexity index is 388. The summed E-state index contributed by atoms with van der Waals surface area (Å²) in [5.41, 5.74) is -2.67. The Hall–Kier alpha value is -0.920. The first-order valence-electron chi connectivity index (χ1n) is 5.74. The molecule has 0 aromatic heterocycles. The predicted octanol–water partition coefficient (Wildman–Crippen LogP) is -0.413. The first kappa shape index (κ1) is 17.1. The predicted molar refractivity (Wildman–Crippen MR) is 65.5 cm³/mol. The Morgan fingerprint density at radius 3 is 2.50 bits per heavy atom. The number of hydrogen-bond acceptors (Lipinski definition) is 5. The molecule has 0 aliphatic heterocycles. The lowest BCUT2D eigenvalue weighted by molar-refractivity contribution is -0.666. The minimum absolute atomic E-state index is 0.372. The fraction of sp³-hybridized carbons (Fsp3) is 0.727. The lowest BCUT2D eigenvalue weighted by atomic mass is 9.94. The first-order chi connectivity index (χ1) is 8.15. The largest absolute Gasteiger partial charge is 0.745 e. The average molecular weight is 279 g/mol. The highest BCUT2D eigenvalue weighted by Crippen LogP contribution is 2.25. The number of rotatable bonds is 8. The van der Waals surface area contributed by atoms with Crippen LogP contribution in [0.25, 0.3) is 0 Å². The zero-order valence-electron chi connectivity index (χ0n) is 11.0. The summed E-state index contributed by atoms with van der Waals surface area (Å²) in [4.78, 5) is 11.1. The molecule has 0 aromatic rings. The molecule has 0 aromatic carbocycles. The maximum atomic E-state index is 11.2. The highest BCUT2D eigenvalue weighted by molar-refractivity contribution is 7.86. The molecule has 0 spiro atoms. The van der Waals surface area contributed by atoms with E-state index >= 15 is 0 Å². The van der Waals surface area contributed by atoms with E-state index in [1.165, 1.54) is 0 Å². The van der Waals surface area contributed by atoms with E-state index in [1.807, 2.05) is 12.2 Å². The van der Waals surface area contributed by atoms with Gasteiger partial charge in [0.1, 0.15) is 10.1 Å². The van der Waals surface area contributed by atoms with E-state index in [9.17, 15) is 17.8 Å². The highest BCUT2D eigenvalue weighted by atomic mass is 32.2. The fourth-order valence-electron chi connectivity index (χ4n) is 1.54. The van der Waals surface area contributed by atoms with Gasteiger partial charge in [0.05, 0.1) is 18.5 Å². The number of carbonyl (C=O) groups is 1. The summed E-state index contributed by atoms with van der Waals surface area (Å²) in [6, 6.07) is 0. The third-order valence-corrected chi connectivity index (χ3v) is 3.71. The molecule has 1 atom stereocenters. The van der Waals surface area contributed by atoms with E-state index in [0.717, 1.165) is 19.0 Å². The Balaban J connectivity index is 4.94. The Labute approximate surface area is 108 Å².